The molecular formula is C23H35N7O6. The first kappa shape index (κ1) is 30.2. The van der Waals surface area contributed by atoms with Crippen molar-refractivity contribution in [3.63, 3.8) is 0 Å². The van der Waals surface area contributed by atoms with Crippen LogP contribution in [-0.2, 0) is 20.7 Å². The van der Waals surface area contributed by atoms with E-state index in [4.69, 9.17) is 4.74 Å². The minimum atomic E-state index is -0.563. The number of nitrogens with one attached hydrogen (secondary N) is 4. The van der Waals surface area contributed by atoms with E-state index in [-0.39, 0.29) is 19.0 Å². The Morgan fingerprint density at radius 3 is 2.08 bits per heavy atom. The SMILES string of the molecule is Cc1nc(NC(=O)NCCCCCCN=C=O)[nH]c(=O)c1CCOC(=O)NCCCCCCN=C=O. The van der Waals surface area contributed by atoms with Crippen LogP contribution < -0.4 is 21.5 Å². The molecule has 0 aromatic carbocycles. The standard InChI is InChI=1S/C23H35N7O6/c1-18-19(10-15-36-23(35)27-14-9-5-3-7-12-25-17-32)20(33)29-21(28-18)30-22(34)26-13-8-4-2-6-11-24-16-31/h2-15H2,1H3,(H,27,35)(H3,26,28,29,30,33,34). The van der Waals surface area contributed by atoms with Gasteiger partial charge in [-0.3, -0.25) is 15.1 Å². The number of ether oxygens (including phenoxy) is 1. The topological polar surface area (TPSA) is 184 Å². The third-order valence-electron chi connectivity index (χ3n) is 5.12. The van der Waals surface area contributed by atoms with Gasteiger partial charge >= 0.3 is 12.1 Å². The summed E-state index contributed by atoms with van der Waals surface area (Å²) in [6.45, 7) is 3.52. The van der Waals surface area contributed by atoms with E-state index in [1.807, 2.05) is 0 Å². The van der Waals surface area contributed by atoms with Crippen LogP contribution in [0.15, 0.2) is 14.8 Å². The first-order valence-electron chi connectivity index (χ1n) is 12.1. The van der Waals surface area contributed by atoms with Crippen LogP contribution in [-0.4, -0.2) is 67.0 Å². The average Bonchev–Trinajstić information content (AvgIpc) is 2.84. The molecular weight excluding hydrogens is 470 g/mol. The Kier molecular flexibility index (Phi) is 16.3. The van der Waals surface area contributed by atoms with E-state index in [1.165, 1.54) is 12.2 Å². The number of aromatic nitrogens is 2. The highest BCUT2D eigenvalue weighted by Crippen LogP contribution is 2.05. The van der Waals surface area contributed by atoms with Gasteiger partial charge in [-0.1, -0.05) is 25.7 Å². The second-order valence-corrected chi connectivity index (χ2v) is 7.95. The van der Waals surface area contributed by atoms with Gasteiger partial charge in [-0.15, -0.1) is 0 Å². The van der Waals surface area contributed by atoms with Crippen molar-refractivity contribution in [2.24, 2.45) is 9.98 Å². The number of aromatic amines is 1. The molecule has 0 aliphatic rings. The number of amides is 3. The van der Waals surface area contributed by atoms with Gasteiger partial charge < -0.3 is 15.4 Å². The maximum atomic E-state index is 12.4. The zero-order chi connectivity index (χ0) is 26.4. The maximum absolute atomic E-state index is 12.4. The summed E-state index contributed by atoms with van der Waals surface area (Å²) in [5.74, 6) is 0.0297. The Balaban J connectivity index is 2.27. The van der Waals surface area contributed by atoms with Gasteiger partial charge in [0.2, 0.25) is 18.1 Å². The third-order valence-corrected chi connectivity index (χ3v) is 5.12. The molecule has 1 rings (SSSR count). The highest BCUT2D eigenvalue weighted by Gasteiger charge is 2.11. The molecule has 13 heteroatoms. The van der Waals surface area contributed by atoms with E-state index >= 15 is 0 Å². The zero-order valence-corrected chi connectivity index (χ0v) is 20.7. The van der Waals surface area contributed by atoms with Crippen LogP contribution in [0, 0.1) is 6.92 Å². The molecule has 0 atom stereocenters. The van der Waals surface area contributed by atoms with E-state index < -0.39 is 17.7 Å². The number of H-pyrrole nitrogens is 1. The molecule has 198 valence electrons. The van der Waals surface area contributed by atoms with Crippen molar-refractivity contribution in [3.05, 3.63) is 21.6 Å². The van der Waals surface area contributed by atoms with Crippen LogP contribution in [0.5, 0.6) is 0 Å². The smallest absolute Gasteiger partial charge is 0.407 e. The van der Waals surface area contributed by atoms with E-state index in [2.05, 4.69) is 35.9 Å². The second-order valence-electron chi connectivity index (χ2n) is 7.95. The van der Waals surface area contributed by atoms with E-state index in [9.17, 15) is 24.0 Å². The van der Waals surface area contributed by atoms with Crippen LogP contribution in [0.25, 0.3) is 0 Å². The van der Waals surface area contributed by atoms with Gasteiger partial charge in [0.15, 0.2) is 0 Å². The molecule has 0 radical (unpaired) electrons. The number of carbonyl (C=O) groups is 2. The average molecular weight is 506 g/mol. The molecule has 0 bridgehead atoms. The van der Waals surface area contributed by atoms with Crippen molar-refractivity contribution < 1.29 is 23.9 Å². The monoisotopic (exact) mass is 505 g/mol. The van der Waals surface area contributed by atoms with Crippen LogP contribution in [0.3, 0.4) is 0 Å². The lowest BCUT2D eigenvalue weighted by Crippen LogP contribution is -2.32. The van der Waals surface area contributed by atoms with Gasteiger partial charge in [0, 0.05) is 25.1 Å². The number of rotatable bonds is 18. The van der Waals surface area contributed by atoms with Crippen molar-refractivity contribution in [1.29, 1.82) is 0 Å². The Bertz CT molecular complexity index is 968. The fourth-order valence-electron chi connectivity index (χ4n) is 3.24. The number of alkyl carbamates (subject to hydrolysis) is 1. The molecule has 1 aromatic heterocycles. The van der Waals surface area contributed by atoms with Gasteiger partial charge in [-0.25, -0.2) is 34.1 Å². The molecule has 0 aliphatic heterocycles. The number of hydrogen-bond donors (Lipinski definition) is 4. The number of aryl methyl sites for hydroxylation is 1. The first-order chi connectivity index (χ1) is 17.5. The lowest BCUT2D eigenvalue weighted by Gasteiger charge is -2.10. The van der Waals surface area contributed by atoms with Crippen molar-refractivity contribution in [2.45, 2.75) is 64.7 Å². The number of carbonyl (C=O) groups excluding carboxylic acids is 4. The lowest BCUT2D eigenvalue weighted by atomic mass is 10.2. The van der Waals surface area contributed by atoms with Crippen LogP contribution in [0.4, 0.5) is 15.5 Å². The van der Waals surface area contributed by atoms with Gasteiger partial charge in [-0.05, 0) is 32.6 Å². The first-order valence-corrected chi connectivity index (χ1v) is 12.1. The van der Waals surface area contributed by atoms with Gasteiger partial charge in [0.05, 0.1) is 25.4 Å². The van der Waals surface area contributed by atoms with Crippen LogP contribution >= 0.6 is 0 Å². The highest BCUT2D eigenvalue weighted by atomic mass is 16.5. The van der Waals surface area contributed by atoms with Crippen LogP contribution in [0.1, 0.15) is 62.6 Å². The Morgan fingerprint density at radius 1 is 0.917 bits per heavy atom. The molecule has 4 N–H and O–H groups in total. The number of hydrogen-bond acceptors (Lipinski definition) is 9. The molecule has 0 unspecified atom stereocenters. The van der Waals surface area contributed by atoms with E-state index in [1.54, 1.807) is 6.92 Å². The van der Waals surface area contributed by atoms with Crippen molar-refractivity contribution in [3.8, 4) is 0 Å². The van der Waals surface area contributed by atoms with Crippen molar-refractivity contribution in [2.75, 3.05) is 38.1 Å². The van der Waals surface area contributed by atoms with Crippen molar-refractivity contribution in [1.82, 2.24) is 20.6 Å². The Labute approximate surface area is 209 Å². The number of aliphatic imine (C=N–C) groups is 2. The predicted molar refractivity (Wildman–Crippen MR) is 133 cm³/mol. The van der Waals surface area contributed by atoms with Gasteiger partial charge in [0.1, 0.15) is 0 Å². The number of urea groups is 1. The molecule has 0 saturated heterocycles. The molecule has 36 heavy (non-hydrogen) atoms. The normalized spacial score (nSPS) is 10.0. The molecule has 13 nitrogen and oxygen atoms in total. The van der Waals surface area contributed by atoms with E-state index in [0.717, 1.165) is 51.4 Å². The minimum Gasteiger partial charge on any atom is -0.449 e. The number of isocyanates is 2. The quantitative estimate of drug-likeness (QED) is 0.134. The van der Waals surface area contributed by atoms with E-state index in [0.29, 0.717) is 37.4 Å². The molecule has 0 spiro atoms. The molecule has 0 fully saturated rings. The summed E-state index contributed by atoms with van der Waals surface area (Å²) in [5.41, 5.74) is 0.374. The summed E-state index contributed by atoms with van der Waals surface area (Å²) < 4.78 is 5.11. The summed E-state index contributed by atoms with van der Waals surface area (Å²) in [7, 11) is 0. The zero-order valence-electron chi connectivity index (χ0n) is 20.7. The fraction of sp³-hybridized carbons (Fsp3) is 0.652. The molecule has 1 heterocycles. The number of anilines is 1. The predicted octanol–water partition coefficient (Wildman–Crippen LogP) is 2.26. The highest BCUT2D eigenvalue weighted by molar-refractivity contribution is 5.87. The summed E-state index contributed by atoms with van der Waals surface area (Å²) in [6.07, 6.45) is 9.36. The molecule has 0 aliphatic carbocycles. The Morgan fingerprint density at radius 2 is 1.50 bits per heavy atom. The van der Waals surface area contributed by atoms with Crippen molar-refractivity contribution >= 4 is 30.2 Å². The van der Waals surface area contributed by atoms with Crippen LogP contribution in [0.2, 0.25) is 0 Å². The van der Waals surface area contributed by atoms with Gasteiger partial charge in [0.25, 0.3) is 5.56 Å². The molecule has 1 aromatic rings. The summed E-state index contributed by atoms with van der Waals surface area (Å²) in [5, 5.41) is 7.83. The molecule has 3 amide bonds. The largest absolute Gasteiger partial charge is 0.449 e. The number of unbranched alkanes of at least 4 members (excludes halogenated alkanes) is 6. The summed E-state index contributed by atoms with van der Waals surface area (Å²) >= 11 is 0. The van der Waals surface area contributed by atoms with Gasteiger partial charge in [-0.2, -0.15) is 0 Å². The fourth-order valence-corrected chi connectivity index (χ4v) is 3.24. The Hall–Kier alpha value is -3.82. The molecule has 0 saturated carbocycles. The third kappa shape index (κ3) is 14.4. The maximum Gasteiger partial charge on any atom is 0.407 e. The number of nitrogens with zero attached hydrogens (tertiary/aromatic N) is 3. The second kappa shape index (κ2) is 19.5. The lowest BCUT2D eigenvalue weighted by molar-refractivity contribution is 0.147. The minimum absolute atomic E-state index is 0.00981. The summed E-state index contributed by atoms with van der Waals surface area (Å²) in [6, 6.07) is -0.481. The summed E-state index contributed by atoms with van der Waals surface area (Å²) in [4.78, 5) is 69.8.